The number of unbranched alkanes of at least 4 members (excludes halogenated alkanes) is 28. The zero-order valence-electron chi connectivity index (χ0n) is 43.3. The topological polar surface area (TPSA) is 146 Å². The van der Waals surface area contributed by atoms with Crippen LogP contribution in [0.3, 0.4) is 0 Å². The molecule has 0 heterocycles. The molecule has 0 fully saturated rings. The average molecular weight is 937 g/mol. The lowest BCUT2D eigenvalue weighted by atomic mass is 10.1. The second-order valence-electron chi connectivity index (χ2n) is 18.2. The van der Waals surface area contributed by atoms with Crippen molar-refractivity contribution in [2.45, 2.75) is 284 Å². The first kappa shape index (κ1) is 65.4. The third kappa shape index (κ3) is 52.3. The highest BCUT2D eigenvalue weighted by molar-refractivity contribution is 5.71. The molecule has 0 amide bonds. The van der Waals surface area contributed by atoms with E-state index < -0.39 is 12.2 Å². The molecule has 0 aliphatic rings. The third-order valence-electron chi connectivity index (χ3n) is 11.6. The predicted octanol–water partition coefficient (Wildman–Crippen LogP) is 14.9. The summed E-state index contributed by atoms with van der Waals surface area (Å²) in [6, 6.07) is 0. The van der Waals surface area contributed by atoms with Crippen molar-refractivity contribution in [2.24, 2.45) is 0 Å². The lowest BCUT2D eigenvalue weighted by Crippen LogP contribution is -2.28. The van der Waals surface area contributed by atoms with E-state index in [4.69, 9.17) is 18.9 Å². The maximum atomic E-state index is 11.9. The zero-order chi connectivity index (χ0) is 48.8. The maximum Gasteiger partial charge on any atom is 0.306 e. The van der Waals surface area contributed by atoms with Crippen LogP contribution in [0.1, 0.15) is 272 Å². The Kier molecular flexibility index (Phi) is 54.4. The summed E-state index contributed by atoms with van der Waals surface area (Å²) in [5.74, 6) is -1.25. The normalized spacial score (nSPS) is 12.2. The molecular formula is C56H104O10. The molecule has 0 saturated carbocycles. The molecule has 0 aliphatic heterocycles. The van der Waals surface area contributed by atoms with Gasteiger partial charge in [-0.15, -0.1) is 0 Å². The van der Waals surface area contributed by atoms with Gasteiger partial charge in [-0.1, -0.05) is 193 Å². The number of allylic oxidation sites excluding steroid dienone is 4. The Balaban J connectivity index is 0. The van der Waals surface area contributed by atoms with E-state index in [-0.39, 0.29) is 50.3 Å². The van der Waals surface area contributed by atoms with Gasteiger partial charge in [0, 0.05) is 25.7 Å². The van der Waals surface area contributed by atoms with Crippen LogP contribution in [0.4, 0.5) is 0 Å². The van der Waals surface area contributed by atoms with Crippen LogP contribution >= 0.6 is 0 Å². The van der Waals surface area contributed by atoms with Gasteiger partial charge >= 0.3 is 23.9 Å². The largest absolute Gasteiger partial charge is 0.462 e. The Morgan fingerprint density at radius 2 is 0.561 bits per heavy atom. The Bertz CT molecular complexity index is 1120. The highest BCUT2D eigenvalue weighted by Gasteiger charge is 2.17. The molecule has 2 atom stereocenters. The van der Waals surface area contributed by atoms with Crippen molar-refractivity contribution in [3.63, 3.8) is 0 Å². The highest BCUT2D eigenvalue weighted by Crippen LogP contribution is 2.13. The lowest BCUT2D eigenvalue weighted by molar-refractivity contribution is -0.161. The average Bonchev–Trinajstić information content (AvgIpc) is 3.31. The van der Waals surface area contributed by atoms with Crippen LogP contribution in [0.2, 0.25) is 0 Å². The second kappa shape index (κ2) is 54.9. The fourth-order valence-corrected chi connectivity index (χ4v) is 7.33. The van der Waals surface area contributed by atoms with Crippen LogP contribution in [0.15, 0.2) is 24.3 Å². The molecule has 0 rings (SSSR count). The molecular weight excluding hydrogens is 833 g/mol. The van der Waals surface area contributed by atoms with Gasteiger partial charge in [0.1, 0.15) is 13.2 Å². The van der Waals surface area contributed by atoms with E-state index in [0.29, 0.717) is 25.7 Å². The first-order valence-electron chi connectivity index (χ1n) is 27.5. The zero-order valence-corrected chi connectivity index (χ0v) is 43.3. The van der Waals surface area contributed by atoms with Crippen molar-refractivity contribution in [3.8, 4) is 0 Å². The van der Waals surface area contributed by atoms with Crippen molar-refractivity contribution in [1.82, 2.24) is 0 Å². The summed E-state index contributed by atoms with van der Waals surface area (Å²) >= 11 is 0. The molecule has 0 saturated heterocycles. The number of aliphatic hydroxyl groups is 2. The molecule has 0 aromatic rings. The van der Waals surface area contributed by atoms with E-state index in [2.05, 4.69) is 52.0 Å². The number of hydrogen-bond acceptors (Lipinski definition) is 10. The lowest BCUT2D eigenvalue weighted by Gasteiger charge is -2.15. The Hall–Kier alpha value is -2.72. The summed E-state index contributed by atoms with van der Waals surface area (Å²) < 4.78 is 20.7. The maximum absolute atomic E-state index is 11.9. The molecule has 0 spiro atoms. The number of carbonyl (C=O) groups is 4. The van der Waals surface area contributed by atoms with E-state index in [0.717, 1.165) is 89.9 Å². The highest BCUT2D eigenvalue weighted by atomic mass is 16.6. The summed E-state index contributed by atoms with van der Waals surface area (Å²) in [5, 5.41) is 18.7. The van der Waals surface area contributed by atoms with E-state index in [1.165, 1.54) is 128 Å². The summed E-state index contributed by atoms with van der Waals surface area (Å²) in [7, 11) is 0. The van der Waals surface area contributed by atoms with Crippen molar-refractivity contribution < 1.29 is 48.3 Å². The minimum atomic E-state index is -0.763. The first-order valence-corrected chi connectivity index (χ1v) is 27.5. The number of esters is 4. The molecule has 0 aliphatic carbocycles. The fourth-order valence-electron chi connectivity index (χ4n) is 7.33. The molecule has 10 nitrogen and oxygen atoms in total. The fraction of sp³-hybridized carbons (Fsp3) is 0.857. The Morgan fingerprint density at radius 1 is 0.333 bits per heavy atom. The SMILES string of the molecule is CCCCCCCC/C=C\CCCCCCCC(=O)OCC(CO)OC(=O)CCCCC.CCCCCCCC/C=C\CCCCCCCC(=O)OCC(CO)OC(=O)CCCCCCC. The van der Waals surface area contributed by atoms with Crippen molar-refractivity contribution in [2.75, 3.05) is 26.4 Å². The Morgan fingerprint density at radius 3 is 0.848 bits per heavy atom. The van der Waals surface area contributed by atoms with E-state index in [1.54, 1.807) is 0 Å². The molecule has 388 valence electrons. The van der Waals surface area contributed by atoms with Gasteiger partial charge in [-0.3, -0.25) is 19.2 Å². The Labute approximate surface area is 405 Å². The van der Waals surface area contributed by atoms with Crippen LogP contribution < -0.4 is 0 Å². The standard InChI is InChI=1S/C29H54O5.C27H50O5/c1-3-5-7-9-10-11-12-13-14-15-16-17-18-20-21-23-28(31)33-26-27(25-30)34-29(32)24-22-19-8-6-4-2;1-3-5-7-8-9-10-11-12-13-14-15-16-17-18-20-21-26(29)31-24-25(23-28)32-27(30)22-19-6-4-2/h13-14,27,30H,3-12,15-26H2,1-2H3;12-13,25,28H,3-11,14-24H2,1-2H3/b14-13-;13-12-. The minimum absolute atomic E-state index is 0.0675. The molecule has 0 radical (unpaired) electrons. The molecule has 66 heavy (non-hydrogen) atoms. The monoisotopic (exact) mass is 937 g/mol. The number of carbonyl (C=O) groups excluding carboxylic acids is 4. The predicted molar refractivity (Wildman–Crippen MR) is 272 cm³/mol. The van der Waals surface area contributed by atoms with Crippen LogP contribution in [0.5, 0.6) is 0 Å². The van der Waals surface area contributed by atoms with Gasteiger partial charge in [0.25, 0.3) is 0 Å². The van der Waals surface area contributed by atoms with E-state index in [9.17, 15) is 29.4 Å². The summed E-state index contributed by atoms with van der Waals surface area (Å²) in [4.78, 5) is 47.3. The first-order chi connectivity index (χ1) is 32.3. The quantitative estimate of drug-likeness (QED) is 0.0262. The number of aliphatic hydroxyl groups excluding tert-OH is 2. The van der Waals surface area contributed by atoms with Crippen LogP contribution in [0.25, 0.3) is 0 Å². The van der Waals surface area contributed by atoms with Crippen LogP contribution in [-0.4, -0.2) is 72.7 Å². The molecule has 0 bridgehead atoms. The molecule has 2 N–H and O–H groups in total. The van der Waals surface area contributed by atoms with E-state index >= 15 is 0 Å². The van der Waals surface area contributed by atoms with Crippen molar-refractivity contribution in [1.29, 1.82) is 0 Å². The van der Waals surface area contributed by atoms with Gasteiger partial charge in [-0.2, -0.15) is 0 Å². The van der Waals surface area contributed by atoms with Crippen molar-refractivity contribution in [3.05, 3.63) is 24.3 Å². The second-order valence-corrected chi connectivity index (χ2v) is 18.2. The molecule has 2 unspecified atom stereocenters. The molecule has 0 aromatic heterocycles. The van der Waals surface area contributed by atoms with Gasteiger partial charge in [-0.25, -0.2) is 0 Å². The van der Waals surface area contributed by atoms with E-state index in [1.807, 2.05) is 0 Å². The van der Waals surface area contributed by atoms with Gasteiger partial charge in [0.15, 0.2) is 12.2 Å². The third-order valence-corrected chi connectivity index (χ3v) is 11.6. The minimum Gasteiger partial charge on any atom is -0.462 e. The van der Waals surface area contributed by atoms with Crippen molar-refractivity contribution >= 4 is 23.9 Å². The summed E-state index contributed by atoms with van der Waals surface area (Å²) in [6.07, 6.45) is 49.0. The number of ether oxygens (including phenoxy) is 4. The van der Waals surface area contributed by atoms with Crippen LogP contribution in [0, 0.1) is 0 Å². The van der Waals surface area contributed by atoms with Gasteiger partial charge < -0.3 is 29.2 Å². The number of rotatable bonds is 48. The van der Waals surface area contributed by atoms with Gasteiger partial charge in [0.2, 0.25) is 0 Å². The smallest absolute Gasteiger partial charge is 0.306 e. The summed E-state index contributed by atoms with van der Waals surface area (Å²) in [5.41, 5.74) is 0. The van der Waals surface area contributed by atoms with Gasteiger partial charge in [-0.05, 0) is 77.0 Å². The summed E-state index contributed by atoms with van der Waals surface area (Å²) in [6.45, 7) is 7.93. The number of hydrogen-bond donors (Lipinski definition) is 2. The molecule has 10 heteroatoms. The van der Waals surface area contributed by atoms with Gasteiger partial charge in [0.05, 0.1) is 13.2 Å². The van der Waals surface area contributed by atoms with Crippen LogP contribution in [-0.2, 0) is 38.1 Å². The molecule has 0 aromatic carbocycles.